The van der Waals surface area contributed by atoms with Gasteiger partial charge in [-0.15, -0.1) is 4.99 Å². The largest absolute Gasteiger partial charge is 0.462 e. The van der Waals surface area contributed by atoms with Crippen molar-refractivity contribution < 1.29 is 24.6 Å². The van der Waals surface area contributed by atoms with Gasteiger partial charge >= 0.3 is 5.97 Å². The molecule has 10 atom stereocenters. The van der Waals surface area contributed by atoms with Crippen LogP contribution in [0.15, 0.2) is 0 Å². The van der Waals surface area contributed by atoms with Gasteiger partial charge in [0.25, 0.3) is 0 Å². The van der Waals surface area contributed by atoms with Crippen LogP contribution in [-0.4, -0.2) is 30.2 Å². The van der Waals surface area contributed by atoms with Gasteiger partial charge in [-0.2, -0.15) is 5.48 Å². The summed E-state index contributed by atoms with van der Waals surface area (Å²) in [7, 11) is 0. The topological polar surface area (TPSA) is 84.9 Å². The van der Waals surface area contributed by atoms with Crippen molar-refractivity contribution >= 4 is 12.3 Å². The molecule has 0 aromatic rings. The van der Waals surface area contributed by atoms with Crippen LogP contribution in [0, 0.1) is 51.2 Å². The summed E-state index contributed by atoms with van der Waals surface area (Å²) in [5.74, 6) is 2.64. The van der Waals surface area contributed by atoms with Crippen molar-refractivity contribution in [2.24, 2.45) is 51.2 Å². The van der Waals surface area contributed by atoms with Crippen LogP contribution >= 0.6 is 0 Å². The van der Waals surface area contributed by atoms with E-state index in [-0.39, 0.29) is 35.7 Å². The van der Waals surface area contributed by atoms with E-state index in [0.717, 1.165) is 25.7 Å². The van der Waals surface area contributed by atoms with Crippen molar-refractivity contribution in [3.8, 4) is 0 Å². The van der Waals surface area contributed by atoms with Crippen LogP contribution in [0.1, 0.15) is 146 Å². The molecule has 4 rings (SSSR count). The van der Waals surface area contributed by atoms with Gasteiger partial charge in [-0.25, -0.2) is 5.26 Å². The molecule has 4 aliphatic rings. The lowest BCUT2D eigenvalue weighted by molar-refractivity contribution is -0.291. The maximum absolute atomic E-state index is 12.5. The first-order valence-corrected chi connectivity index (χ1v) is 16.6. The number of rotatable bonds is 9. The second-order valence-electron chi connectivity index (χ2n) is 15.0. The van der Waals surface area contributed by atoms with Crippen molar-refractivity contribution in [1.29, 1.82) is 0 Å². The molecule has 0 amide bonds. The molecular formula is C35H65NO5. The molecule has 6 heteroatoms. The van der Waals surface area contributed by atoms with E-state index in [4.69, 9.17) is 9.99 Å². The average Bonchev–Trinajstić information content (AvgIpc) is 2.91. The number of hydrogen-bond acceptors (Lipinski definition) is 6. The molecule has 4 saturated carbocycles. The highest BCUT2D eigenvalue weighted by Gasteiger charge is 2.68. The number of fused-ring (bicyclic) bond motifs is 5. The van der Waals surface area contributed by atoms with E-state index in [2.05, 4.69) is 65.9 Å². The third-order valence-corrected chi connectivity index (χ3v) is 12.9. The normalized spacial score (nSPS) is 43.1. The fourth-order valence-corrected chi connectivity index (χ4v) is 10.6. The maximum atomic E-state index is 12.5. The molecular weight excluding hydrogens is 514 g/mol. The number of hydroxylamine groups is 1. The number of ether oxygens (including phenoxy) is 1. The van der Waals surface area contributed by atoms with Crippen LogP contribution in [0.4, 0.5) is 0 Å². The Kier molecular flexibility index (Phi) is 13.0. The zero-order valence-corrected chi connectivity index (χ0v) is 27.0. The summed E-state index contributed by atoms with van der Waals surface area (Å²) < 4.78 is 6.02. The zero-order chi connectivity index (χ0) is 29.8. The predicted octanol–water partition coefficient (Wildman–Crippen LogP) is 9.03. The summed E-state index contributed by atoms with van der Waals surface area (Å²) in [6, 6.07) is 0. The Bertz CT molecular complexity index is 850. The molecule has 0 aromatic heterocycles. The first-order valence-electron chi connectivity index (χ1n) is 16.6. The molecule has 0 aromatic carbocycles. The molecule has 0 heterocycles. The van der Waals surface area contributed by atoms with E-state index >= 15 is 0 Å². The van der Waals surface area contributed by atoms with E-state index in [1.54, 1.807) is 0 Å². The highest BCUT2D eigenvalue weighted by molar-refractivity contribution is 5.69. The van der Waals surface area contributed by atoms with Crippen LogP contribution in [-0.2, 0) is 19.3 Å². The lowest BCUT2D eigenvalue weighted by Crippen LogP contribution is -2.65. The van der Waals surface area contributed by atoms with E-state index in [0.29, 0.717) is 54.4 Å². The molecule has 0 spiro atoms. The number of carbonyl (C=O) groups is 2. The maximum Gasteiger partial charge on any atom is 0.306 e. The second-order valence-corrected chi connectivity index (χ2v) is 15.0. The van der Waals surface area contributed by atoms with Gasteiger partial charge in [0.15, 0.2) is 0 Å². The van der Waals surface area contributed by atoms with Gasteiger partial charge in [-0.3, -0.25) is 4.79 Å². The van der Waals surface area contributed by atoms with Gasteiger partial charge in [-0.1, -0.05) is 75.7 Å². The predicted molar refractivity (Wildman–Crippen MR) is 167 cm³/mol. The molecule has 0 bridgehead atoms. The molecule has 4 fully saturated rings. The number of carbonyl (C=O) groups excluding carboxylic acids is 2. The third kappa shape index (κ3) is 6.60. The van der Waals surface area contributed by atoms with Crippen molar-refractivity contribution in [3.05, 3.63) is 0 Å². The first kappa shape index (κ1) is 36.2. The van der Waals surface area contributed by atoms with Crippen LogP contribution in [0.5, 0.6) is 0 Å². The molecule has 0 radical (unpaired) electrons. The lowest BCUT2D eigenvalue weighted by Gasteiger charge is -2.71. The van der Waals surface area contributed by atoms with E-state index in [1.807, 2.05) is 0 Å². The lowest BCUT2D eigenvalue weighted by atomic mass is 9.33. The van der Waals surface area contributed by atoms with Gasteiger partial charge < -0.3 is 9.53 Å². The highest BCUT2D eigenvalue weighted by atomic mass is 17.2. The minimum Gasteiger partial charge on any atom is -0.462 e. The minimum atomic E-state index is -0.165. The fraction of sp³-hybridized carbons (Fsp3) is 0.943. The Balaban J connectivity index is 0.00000141. The van der Waals surface area contributed by atoms with Crippen LogP contribution < -0.4 is 5.48 Å². The molecule has 6 nitrogen and oxygen atoms in total. The fourth-order valence-electron chi connectivity index (χ4n) is 10.6. The quantitative estimate of drug-likeness (QED) is 0.0932. The number of nitrogens with one attached hydrogen (secondary N) is 1. The summed E-state index contributed by atoms with van der Waals surface area (Å²) in [6.07, 6.45) is 15.1. The third-order valence-electron chi connectivity index (χ3n) is 12.9. The van der Waals surface area contributed by atoms with Crippen molar-refractivity contribution in [2.75, 3.05) is 6.54 Å². The van der Waals surface area contributed by atoms with Gasteiger partial charge in [0.2, 0.25) is 0 Å². The monoisotopic (exact) mass is 579 g/mol. The summed E-state index contributed by atoms with van der Waals surface area (Å²) in [5.41, 5.74) is 3.05. The van der Waals surface area contributed by atoms with E-state index < -0.39 is 0 Å². The van der Waals surface area contributed by atoms with Crippen LogP contribution in [0.2, 0.25) is 0 Å². The Morgan fingerprint density at radius 3 is 2.24 bits per heavy atom. The number of esters is 1. The van der Waals surface area contributed by atoms with Crippen molar-refractivity contribution in [2.45, 2.75) is 152 Å². The van der Waals surface area contributed by atoms with E-state index in [9.17, 15) is 9.59 Å². The van der Waals surface area contributed by atoms with Crippen molar-refractivity contribution in [3.63, 3.8) is 0 Å². The van der Waals surface area contributed by atoms with Gasteiger partial charge in [0, 0.05) is 18.4 Å². The number of hydrogen-bond donors (Lipinski definition) is 2. The van der Waals surface area contributed by atoms with Gasteiger partial charge in [0.1, 0.15) is 12.4 Å². The van der Waals surface area contributed by atoms with Gasteiger partial charge in [-0.05, 0) is 110 Å². The molecule has 240 valence electrons. The minimum absolute atomic E-state index is 0. The molecule has 41 heavy (non-hydrogen) atoms. The molecule has 2 N–H and O–H groups in total. The molecule has 0 saturated heterocycles. The molecule has 9 unspecified atom stereocenters. The highest BCUT2D eigenvalue weighted by Crippen LogP contribution is 2.74. The summed E-state index contributed by atoms with van der Waals surface area (Å²) in [6.45, 7) is 19.3. The smallest absolute Gasteiger partial charge is 0.306 e. The molecule has 0 aliphatic heterocycles. The Morgan fingerprint density at radius 2 is 1.63 bits per heavy atom. The second kappa shape index (κ2) is 14.7. The van der Waals surface area contributed by atoms with E-state index in [1.165, 1.54) is 51.2 Å². The summed E-state index contributed by atoms with van der Waals surface area (Å²) >= 11 is 0. The standard InChI is InChI=1S/C31H53NO5.C3H8.CH4/c1-7-9-23-24-11-12-26-29(4)15-14-25(36-27(34)10-8-19-32-37-35)21(2)22(29)13-16-31(26,6)30(24,5)18-17-28(23,3)20-33;1-3-2;/h20-26,32,35H,7-19H2,1-6H3;3H2,1-2H3;1H4/t21?,22?,23?,24?,25?,26?,28?,29?,30-,31?;;/m1../s1. The van der Waals surface area contributed by atoms with Gasteiger partial charge in [0.05, 0.1) is 0 Å². The Labute approximate surface area is 252 Å². The first-order chi connectivity index (χ1) is 18.9. The van der Waals surface area contributed by atoms with Crippen molar-refractivity contribution in [1.82, 2.24) is 5.48 Å². The Morgan fingerprint density at radius 1 is 0.951 bits per heavy atom. The van der Waals surface area contributed by atoms with Crippen LogP contribution in [0.25, 0.3) is 0 Å². The SMILES string of the molecule is C.CCC.CCCC1C2CCC3C4(C)CCC(OC(=O)CCCNOO)C(C)C4CCC3(C)[C@]2(C)CCC1(C)C=O. The van der Waals surface area contributed by atoms with Crippen LogP contribution in [0.3, 0.4) is 0 Å². The zero-order valence-electron chi connectivity index (χ0n) is 27.0. The summed E-state index contributed by atoms with van der Waals surface area (Å²) in [4.78, 5) is 28.7. The summed E-state index contributed by atoms with van der Waals surface area (Å²) in [5, 5.41) is 8.37. The average molecular weight is 580 g/mol. The Hall–Kier alpha value is -0.980. The number of aldehydes is 1. The molecule has 4 aliphatic carbocycles.